The minimum atomic E-state index is 0.235. The largest absolute Gasteiger partial charge is 0.491 e. The van der Waals surface area contributed by atoms with E-state index in [0.29, 0.717) is 17.9 Å². The maximum absolute atomic E-state index is 5.91. The van der Waals surface area contributed by atoms with Crippen molar-refractivity contribution in [3.8, 4) is 5.75 Å². The molecule has 0 bridgehead atoms. The molecule has 0 aromatic heterocycles. The molecule has 0 aliphatic heterocycles. The minimum Gasteiger partial charge on any atom is -0.491 e. The highest BCUT2D eigenvalue weighted by molar-refractivity contribution is 5.34. The van der Waals surface area contributed by atoms with E-state index in [2.05, 4.69) is 39.0 Å². The molecule has 1 fully saturated rings. The zero-order valence-corrected chi connectivity index (χ0v) is 10.3. The van der Waals surface area contributed by atoms with Crippen LogP contribution < -0.4 is 10.5 Å². The second-order valence-electron chi connectivity index (χ2n) is 5.10. The fourth-order valence-corrected chi connectivity index (χ4v) is 2.27. The first-order valence-corrected chi connectivity index (χ1v) is 6.10. The Balaban J connectivity index is 2.06. The topological polar surface area (TPSA) is 35.2 Å². The summed E-state index contributed by atoms with van der Waals surface area (Å²) in [5.74, 6) is 2.29. The Hall–Kier alpha value is -1.02. The predicted molar refractivity (Wildman–Crippen MR) is 66.7 cm³/mol. The van der Waals surface area contributed by atoms with Gasteiger partial charge < -0.3 is 10.5 Å². The van der Waals surface area contributed by atoms with Gasteiger partial charge in [0.15, 0.2) is 0 Å². The number of ether oxygens (including phenoxy) is 1. The van der Waals surface area contributed by atoms with Gasteiger partial charge in [0.25, 0.3) is 0 Å². The zero-order valence-electron chi connectivity index (χ0n) is 10.3. The molecule has 2 N–H and O–H groups in total. The van der Waals surface area contributed by atoms with E-state index in [1.54, 1.807) is 0 Å². The molecule has 0 heterocycles. The Morgan fingerprint density at radius 3 is 2.62 bits per heavy atom. The summed E-state index contributed by atoms with van der Waals surface area (Å²) in [4.78, 5) is 0. The van der Waals surface area contributed by atoms with Gasteiger partial charge in [-0.3, -0.25) is 0 Å². The van der Waals surface area contributed by atoms with Crippen LogP contribution in [0.15, 0.2) is 24.3 Å². The molecule has 1 aromatic rings. The molecule has 3 unspecified atom stereocenters. The summed E-state index contributed by atoms with van der Waals surface area (Å²) >= 11 is 0. The lowest BCUT2D eigenvalue weighted by Gasteiger charge is -2.11. The Kier molecular flexibility index (Phi) is 3.20. The maximum Gasteiger partial charge on any atom is 0.119 e. The molecule has 0 amide bonds. The molecule has 1 aromatic carbocycles. The predicted octanol–water partition coefficient (Wildman–Crippen LogP) is 2.92. The monoisotopic (exact) mass is 219 g/mol. The van der Waals surface area contributed by atoms with E-state index in [9.17, 15) is 0 Å². The normalized spacial score (nSPS) is 25.6. The lowest BCUT2D eigenvalue weighted by Crippen LogP contribution is -2.17. The molecule has 3 atom stereocenters. The van der Waals surface area contributed by atoms with Crippen LogP contribution in [0, 0.1) is 5.92 Å². The van der Waals surface area contributed by atoms with Crippen molar-refractivity contribution in [2.75, 3.05) is 0 Å². The van der Waals surface area contributed by atoms with Crippen molar-refractivity contribution in [3.05, 3.63) is 29.8 Å². The van der Waals surface area contributed by atoms with Crippen LogP contribution in [0.5, 0.6) is 5.75 Å². The summed E-state index contributed by atoms with van der Waals surface area (Å²) in [6.45, 7) is 6.20. The fraction of sp³-hybridized carbons (Fsp3) is 0.571. The van der Waals surface area contributed by atoms with Crippen molar-refractivity contribution in [1.82, 2.24) is 0 Å². The van der Waals surface area contributed by atoms with Crippen LogP contribution in [0.3, 0.4) is 0 Å². The van der Waals surface area contributed by atoms with Crippen LogP contribution >= 0.6 is 0 Å². The van der Waals surface area contributed by atoms with Crippen molar-refractivity contribution in [2.45, 2.75) is 45.3 Å². The molecular weight excluding hydrogens is 198 g/mol. The molecule has 88 valence electrons. The van der Waals surface area contributed by atoms with Gasteiger partial charge in [-0.2, -0.15) is 0 Å². The molecule has 2 nitrogen and oxygen atoms in total. The maximum atomic E-state index is 5.91. The van der Waals surface area contributed by atoms with E-state index in [0.717, 1.165) is 5.75 Å². The van der Waals surface area contributed by atoms with Gasteiger partial charge in [-0.15, -0.1) is 0 Å². The van der Waals surface area contributed by atoms with Crippen molar-refractivity contribution in [1.29, 1.82) is 0 Å². The Labute approximate surface area is 97.8 Å². The smallest absolute Gasteiger partial charge is 0.119 e. The molecule has 2 rings (SSSR count). The van der Waals surface area contributed by atoms with Crippen molar-refractivity contribution in [3.63, 3.8) is 0 Å². The highest BCUT2D eigenvalue weighted by Gasteiger charge is 2.40. The van der Waals surface area contributed by atoms with E-state index in [4.69, 9.17) is 10.5 Å². The number of nitrogens with two attached hydrogens (primary N) is 1. The first-order chi connectivity index (χ1) is 7.58. The van der Waals surface area contributed by atoms with Crippen LogP contribution in [0.1, 0.15) is 38.7 Å². The summed E-state index contributed by atoms with van der Waals surface area (Å²) < 4.78 is 5.70. The average molecular weight is 219 g/mol. The summed E-state index contributed by atoms with van der Waals surface area (Å²) in [7, 11) is 0. The Bertz CT molecular complexity index is 360. The summed E-state index contributed by atoms with van der Waals surface area (Å²) in [6.07, 6.45) is 1.46. The summed E-state index contributed by atoms with van der Waals surface area (Å²) in [5.41, 5.74) is 7.29. The molecule has 1 aliphatic carbocycles. The van der Waals surface area contributed by atoms with Gasteiger partial charge in [0.1, 0.15) is 5.75 Å². The minimum absolute atomic E-state index is 0.235. The van der Waals surface area contributed by atoms with Crippen molar-refractivity contribution < 1.29 is 4.74 Å². The first kappa shape index (κ1) is 11.5. The highest BCUT2D eigenvalue weighted by Crippen LogP contribution is 2.49. The quantitative estimate of drug-likeness (QED) is 0.845. The van der Waals surface area contributed by atoms with Crippen LogP contribution in [0.4, 0.5) is 0 Å². The van der Waals surface area contributed by atoms with Gasteiger partial charge in [0.2, 0.25) is 0 Å². The first-order valence-electron chi connectivity index (χ1n) is 6.10. The van der Waals surface area contributed by atoms with Crippen molar-refractivity contribution in [2.24, 2.45) is 11.7 Å². The molecule has 1 saturated carbocycles. The second-order valence-corrected chi connectivity index (χ2v) is 5.10. The van der Waals surface area contributed by atoms with Gasteiger partial charge in [-0.25, -0.2) is 0 Å². The summed E-state index contributed by atoms with van der Waals surface area (Å²) in [5, 5.41) is 0. The van der Waals surface area contributed by atoms with Gasteiger partial charge in [0.05, 0.1) is 6.10 Å². The molecule has 1 aliphatic rings. The third-order valence-electron chi connectivity index (χ3n) is 3.17. The third kappa shape index (κ3) is 2.56. The number of benzene rings is 1. The van der Waals surface area contributed by atoms with Gasteiger partial charge in [0, 0.05) is 6.04 Å². The zero-order chi connectivity index (χ0) is 11.7. The molecule has 0 radical (unpaired) electrons. The van der Waals surface area contributed by atoms with Crippen molar-refractivity contribution >= 4 is 0 Å². The SMILES string of the molecule is CC(C)Oc1cccc(C2CC2C(C)N)c1. The summed E-state index contributed by atoms with van der Waals surface area (Å²) in [6, 6.07) is 8.74. The average Bonchev–Trinajstić information content (AvgIpc) is 2.96. The number of rotatable bonds is 4. The van der Waals surface area contributed by atoms with E-state index in [1.165, 1.54) is 12.0 Å². The molecule has 16 heavy (non-hydrogen) atoms. The molecule has 0 spiro atoms. The second kappa shape index (κ2) is 4.46. The molecule has 0 saturated heterocycles. The van der Waals surface area contributed by atoms with Crippen LogP contribution in [-0.4, -0.2) is 12.1 Å². The van der Waals surface area contributed by atoms with Crippen LogP contribution in [-0.2, 0) is 0 Å². The van der Waals surface area contributed by atoms with E-state index >= 15 is 0 Å². The Morgan fingerprint density at radius 2 is 2.06 bits per heavy atom. The van der Waals surface area contributed by atoms with Crippen LogP contribution in [0.25, 0.3) is 0 Å². The van der Waals surface area contributed by atoms with E-state index in [-0.39, 0.29) is 6.10 Å². The van der Waals surface area contributed by atoms with E-state index in [1.807, 2.05) is 6.07 Å². The number of hydrogen-bond donors (Lipinski definition) is 1. The molecular formula is C14H21NO. The van der Waals surface area contributed by atoms with Gasteiger partial charge in [-0.05, 0) is 56.7 Å². The van der Waals surface area contributed by atoms with Gasteiger partial charge >= 0.3 is 0 Å². The fourth-order valence-electron chi connectivity index (χ4n) is 2.27. The lowest BCUT2D eigenvalue weighted by atomic mass is 10.1. The van der Waals surface area contributed by atoms with E-state index < -0.39 is 0 Å². The standard InChI is InChI=1S/C14H21NO/c1-9(2)16-12-6-4-5-11(7-12)14-8-13(14)10(3)15/h4-7,9-10,13-14H,8,15H2,1-3H3. The lowest BCUT2D eigenvalue weighted by molar-refractivity contribution is 0.242. The third-order valence-corrected chi connectivity index (χ3v) is 3.17. The Morgan fingerprint density at radius 1 is 1.31 bits per heavy atom. The van der Waals surface area contributed by atoms with Gasteiger partial charge in [-0.1, -0.05) is 12.1 Å². The molecule has 2 heteroatoms. The number of hydrogen-bond acceptors (Lipinski definition) is 2. The van der Waals surface area contributed by atoms with Crippen LogP contribution in [0.2, 0.25) is 0 Å². The highest BCUT2D eigenvalue weighted by atomic mass is 16.5.